The number of nitrogens with one attached hydrogen (secondary N) is 1. The van der Waals surface area contributed by atoms with Crippen molar-refractivity contribution in [1.82, 2.24) is 10.2 Å². The smallest absolute Gasteiger partial charge is 0.203 e. The van der Waals surface area contributed by atoms with Gasteiger partial charge in [-0.15, -0.1) is 0 Å². The van der Waals surface area contributed by atoms with Gasteiger partial charge < -0.3 is 14.2 Å². The van der Waals surface area contributed by atoms with Gasteiger partial charge in [-0.3, -0.25) is 5.10 Å². The highest BCUT2D eigenvalue weighted by atomic mass is 16.5. The molecule has 1 aromatic heterocycles. The lowest BCUT2D eigenvalue weighted by Crippen LogP contribution is -1.96. The number of aromatic nitrogens is 2. The number of methoxy groups -OCH3 is 3. The zero-order valence-corrected chi connectivity index (χ0v) is 13.8. The van der Waals surface area contributed by atoms with Crippen LogP contribution >= 0.6 is 0 Å². The number of nitrogens with zero attached hydrogens (tertiary/aromatic N) is 1. The average molecular weight is 322 g/mol. The molecule has 2 aromatic carbocycles. The van der Waals surface area contributed by atoms with Crippen LogP contribution in [-0.4, -0.2) is 31.5 Å². The van der Waals surface area contributed by atoms with Gasteiger partial charge >= 0.3 is 0 Å². The van der Waals surface area contributed by atoms with Crippen LogP contribution in [0.3, 0.4) is 0 Å². The molecule has 3 aromatic rings. The standard InChI is InChI=1S/C19H18N2O3/c1-22-15-9-12(10-16(23-2)19(15)24-3)17-14-8-11-6-4-5-7-13(11)18(14)21-20-17/h4-7,9-10H,8H2,1-3H3,(H,20,21). The molecule has 1 N–H and O–H groups in total. The molecule has 0 radical (unpaired) electrons. The maximum absolute atomic E-state index is 5.46. The fourth-order valence-electron chi connectivity index (χ4n) is 3.33. The molecule has 0 bridgehead atoms. The summed E-state index contributed by atoms with van der Waals surface area (Å²) < 4.78 is 16.3. The van der Waals surface area contributed by atoms with Gasteiger partial charge in [-0.2, -0.15) is 5.10 Å². The van der Waals surface area contributed by atoms with Crippen molar-refractivity contribution >= 4 is 0 Å². The first-order valence-corrected chi connectivity index (χ1v) is 7.72. The number of ether oxygens (including phenoxy) is 3. The van der Waals surface area contributed by atoms with Crippen LogP contribution in [0.2, 0.25) is 0 Å². The van der Waals surface area contributed by atoms with Gasteiger partial charge in [-0.05, 0) is 17.7 Å². The van der Waals surface area contributed by atoms with Gasteiger partial charge in [-0.1, -0.05) is 24.3 Å². The zero-order valence-electron chi connectivity index (χ0n) is 13.8. The molecule has 4 rings (SSSR count). The molecule has 1 aliphatic carbocycles. The van der Waals surface area contributed by atoms with E-state index in [1.165, 1.54) is 16.7 Å². The van der Waals surface area contributed by atoms with Crippen molar-refractivity contribution in [3.05, 3.63) is 47.5 Å². The van der Waals surface area contributed by atoms with Crippen molar-refractivity contribution in [2.45, 2.75) is 6.42 Å². The molecule has 5 nitrogen and oxygen atoms in total. The van der Waals surface area contributed by atoms with Crippen LogP contribution in [0.1, 0.15) is 11.1 Å². The third-order valence-corrected chi connectivity index (χ3v) is 4.46. The normalized spacial score (nSPS) is 11.8. The third-order valence-electron chi connectivity index (χ3n) is 4.46. The van der Waals surface area contributed by atoms with Gasteiger partial charge in [-0.25, -0.2) is 0 Å². The van der Waals surface area contributed by atoms with E-state index in [0.717, 1.165) is 23.4 Å². The third kappa shape index (κ3) is 2.05. The van der Waals surface area contributed by atoms with Crippen molar-refractivity contribution < 1.29 is 14.2 Å². The Labute approximate surface area is 140 Å². The second kappa shape index (κ2) is 5.60. The number of benzene rings is 2. The number of H-pyrrole nitrogens is 1. The van der Waals surface area contributed by atoms with E-state index in [1.54, 1.807) is 21.3 Å². The first-order chi connectivity index (χ1) is 11.8. The van der Waals surface area contributed by atoms with Gasteiger partial charge in [0.2, 0.25) is 5.75 Å². The fourth-order valence-corrected chi connectivity index (χ4v) is 3.33. The van der Waals surface area contributed by atoms with Crippen LogP contribution in [0.25, 0.3) is 22.5 Å². The van der Waals surface area contributed by atoms with Crippen molar-refractivity contribution in [3.63, 3.8) is 0 Å². The highest BCUT2D eigenvalue weighted by Gasteiger charge is 2.26. The maximum Gasteiger partial charge on any atom is 0.203 e. The summed E-state index contributed by atoms with van der Waals surface area (Å²) in [7, 11) is 4.83. The van der Waals surface area contributed by atoms with E-state index in [-0.39, 0.29) is 0 Å². The second-order valence-electron chi connectivity index (χ2n) is 5.67. The molecular formula is C19H18N2O3. The number of rotatable bonds is 4. The van der Waals surface area contributed by atoms with E-state index >= 15 is 0 Å². The lowest BCUT2D eigenvalue weighted by atomic mass is 10.0. The summed E-state index contributed by atoms with van der Waals surface area (Å²) in [5.74, 6) is 1.83. The van der Waals surface area contributed by atoms with Crippen molar-refractivity contribution in [2.24, 2.45) is 0 Å². The first kappa shape index (κ1) is 14.6. The molecule has 0 amide bonds. The van der Waals surface area contributed by atoms with E-state index in [0.29, 0.717) is 17.2 Å². The largest absolute Gasteiger partial charge is 0.493 e. The summed E-state index contributed by atoms with van der Waals surface area (Å²) in [5.41, 5.74) is 6.68. The Morgan fingerprint density at radius 2 is 1.67 bits per heavy atom. The SMILES string of the molecule is COc1cc(-c2n[nH]c3c2Cc2ccccc2-3)cc(OC)c1OC. The van der Waals surface area contributed by atoms with E-state index in [1.807, 2.05) is 18.2 Å². The molecule has 0 saturated carbocycles. The topological polar surface area (TPSA) is 56.4 Å². The van der Waals surface area contributed by atoms with E-state index in [2.05, 4.69) is 28.4 Å². The molecule has 0 unspecified atom stereocenters. The lowest BCUT2D eigenvalue weighted by molar-refractivity contribution is 0.324. The summed E-state index contributed by atoms with van der Waals surface area (Å²) >= 11 is 0. The minimum Gasteiger partial charge on any atom is -0.493 e. The molecule has 1 aliphatic rings. The predicted molar refractivity (Wildman–Crippen MR) is 91.9 cm³/mol. The highest BCUT2D eigenvalue weighted by Crippen LogP contribution is 2.44. The van der Waals surface area contributed by atoms with Crippen LogP contribution < -0.4 is 14.2 Å². The van der Waals surface area contributed by atoms with Crippen molar-refractivity contribution in [1.29, 1.82) is 0 Å². The minimum atomic E-state index is 0.583. The monoisotopic (exact) mass is 322 g/mol. The Balaban J connectivity index is 1.86. The summed E-state index contributed by atoms with van der Waals surface area (Å²) in [5, 5.41) is 7.72. The molecule has 122 valence electrons. The number of hydrogen-bond donors (Lipinski definition) is 1. The average Bonchev–Trinajstić information content (AvgIpc) is 3.19. The predicted octanol–water partition coefficient (Wildman–Crippen LogP) is 3.67. The molecular weight excluding hydrogens is 304 g/mol. The summed E-state index contributed by atoms with van der Waals surface area (Å²) in [6.45, 7) is 0. The lowest BCUT2D eigenvalue weighted by Gasteiger charge is -2.13. The van der Waals surface area contributed by atoms with Crippen LogP contribution in [0.5, 0.6) is 17.2 Å². The molecule has 0 saturated heterocycles. The van der Waals surface area contributed by atoms with E-state index in [9.17, 15) is 0 Å². The molecule has 1 heterocycles. The minimum absolute atomic E-state index is 0.583. The Morgan fingerprint density at radius 3 is 2.33 bits per heavy atom. The molecule has 0 fully saturated rings. The van der Waals surface area contributed by atoms with Gasteiger partial charge in [0.25, 0.3) is 0 Å². The van der Waals surface area contributed by atoms with E-state index in [4.69, 9.17) is 14.2 Å². The van der Waals surface area contributed by atoms with Crippen molar-refractivity contribution in [3.8, 4) is 39.8 Å². The van der Waals surface area contributed by atoms with Crippen LogP contribution in [0.15, 0.2) is 36.4 Å². The summed E-state index contributed by atoms with van der Waals surface area (Å²) in [6.07, 6.45) is 0.869. The van der Waals surface area contributed by atoms with Gasteiger partial charge in [0.1, 0.15) is 0 Å². The summed E-state index contributed by atoms with van der Waals surface area (Å²) in [4.78, 5) is 0. The van der Waals surface area contributed by atoms with Crippen LogP contribution in [0.4, 0.5) is 0 Å². The van der Waals surface area contributed by atoms with Crippen molar-refractivity contribution in [2.75, 3.05) is 21.3 Å². The molecule has 24 heavy (non-hydrogen) atoms. The number of hydrogen-bond acceptors (Lipinski definition) is 4. The summed E-state index contributed by atoms with van der Waals surface area (Å²) in [6, 6.07) is 12.3. The number of aromatic amines is 1. The first-order valence-electron chi connectivity index (χ1n) is 7.72. The maximum atomic E-state index is 5.46. The molecule has 0 spiro atoms. The quantitative estimate of drug-likeness (QED) is 0.623. The Hall–Kier alpha value is -2.95. The van der Waals surface area contributed by atoms with Gasteiger partial charge in [0, 0.05) is 23.1 Å². The molecule has 0 atom stereocenters. The Morgan fingerprint density at radius 1 is 0.958 bits per heavy atom. The van der Waals surface area contributed by atoms with Gasteiger partial charge in [0.15, 0.2) is 11.5 Å². The zero-order chi connectivity index (χ0) is 16.7. The number of fused-ring (bicyclic) bond motifs is 3. The Bertz CT molecular complexity index is 890. The Kier molecular flexibility index (Phi) is 3.41. The fraction of sp³-hybridized carbons (Fsp3) is 0.211. The van der Waals surface area contributed by atoms with Gasteiger partial charge in [0.05, 0.1) is 32.7 Å². The van der Waals surface area contributed by atoms with Crippen LogP contribution in [0, 0.1) is 0 Å². The highest BCUT2D eigenvalue weighted by molar-refractivity contribution is 5.82. The van der Waals surface area contributed by atoms with E-state index < -0.39 is 0 Å². The molecule has 5 heteroatoms. The molecule has 0 aliphatic heterocycles. The van der Waals surface area contributed by atoms with Crippen LogP contribution in [-0.2, 0) is 6.42 Å². The second-order valence-corrected chi connectivity index (χ2v) is 5.67.